The number of oxime groups is 1. The summed E-state index contributed by atoms with van der Waals surface area (Å²) in [6.45, 7) is 9.82. The molecule has 1 heterocycles. The number of anilines is 1. The molecular formula is C49H62FN3O11. The number of nitrogens with zero attached hydrogens (tertiary/aromatic N) is 2. The lowest BCUT2D eigenvalue weighted by Gasteiger charge is -2.59. The number of aliphatic hydroxyl groups excluding tert-OH is 2. The number of ether oxygens (including phenoxy) is 6. The average Bonchev–Trinajstić information content (AvgIpc) is 3.28. The minimum Gasteiger partial charge on any atom is -0.497 e. The van der Waals surface area contributed by atoms with Crippen LogP contribution in [0, 0.1) is 23.6 Å². The number of nitrogens with one attached hydrogen (secondary N) is 1. The van der Waals surface area contributed by atoms with Crippen molar-refractivity contribution in [3.8, 4) is 23.0 Å². The van der Waals surface area contributed by atoms with Crippen LogP contribution in [0.5, 0.6) is 23.0 Å². The quantitative estimate of drug-likeness (QED) is 0.0597. The van der Waals surface area contributed by atoms with Gasteiger partial charge in [0.2, 0.25) is 5.79 Å². The van der Waals surface area contributed by atoms with Crippen LogP contribution in [0.4, 0.5) is 19.7 Å². The minimum atomic E-state index is -1.58. The van der Waals surface area contributed by atoms with E-state index in [4.69, 9.17) is 38.4 Å². The molecule has 3 N–H and O–H groups in total. The van der Waals surface area contributed by atoms with Crippen LogP contribution in [-0.2, 0) is 20.9 Å². The summed E-state index contributed by atoms with van der Waals surface area (Å²) in [6, 6.07) is 15.2. The highest BCUT2D eigenvalue weighted by Gasteiger charge is 2.65. The Bertz CT molecular complexity index is 2160. The first kappa shape index (κ1) is 47.8. The molecule has 346 valence electrons. The summed E-state index contributed by atoms with van der Waals surface area (Å²) in [5.41, 5.74) is 2.52. The van der Waals surface area contributed by atoms with Crippen molar-refractivity contribution < 1.29 is 57.5 Å². The third kappa shape index (κ3) is 10.8. The Balaban J connectivity index is 1.56. The largest absolute Gasteiger partial charge is 0.497 e. The topological polar surface area (TPSA) is 167 Å². The molecular weight excluding hydrogens is 826 g/mol. The number of hydrogen-bond donors (Lipinski definition) is 3. The van der Waals surface area contributed by atoms with E-state index in [1.54, 1.807) is 53.4 Å². The van der Waals surface area contributed by atoms with Gasteiger partial charge in [-0.15, -0.1) is 6.58 Å². The second kappa shape index (κ2) is 21.4. The molecule has 3 aromatic carbocycles. The molecule has 0 aromatic heterocycles. The number of unbranched alkanes of at least 4 members (excludes halogenated alkanes) is 2. The normalized spacial score (nSPS) is 22.8. The van der Waals surface area contributed by atoms with E-state index in [-0.39, 0.29) is 50.4 Å². The lowest BCUT2D eigenvalue weighted by molar-refractivity contribution is -0.256. The molecule has 1 aliphatic heterocycles. The first-order valence-electron chi connectivity index (χ1n) is 21.9. The van der Waals surface area contributed by atoms with Gasteiger partial charge in [0.05, 0.1) is 45.3 Å². The van der Waals surface area contributed by atoms with Crippen molar-refractivity contribution in [2.45, 2.75) is 95.6 Å². The van der Waals surface area contributed by atoms with Crippen LogP contribution in [0.2, 0.25) is 0 Å². The zero-order valence-corrected chi connectivity index (χ0v) is 37.6. The summed E-state index contributed by atoms with van der Waals surface area (Å²) in [5.74, 6) is -1.52. The molecule has 0 radical (unpaired) electrons. The molecule has 1 saturated carbocycles. The number of hydrogen-bond acceptors (Lipinski definition) is 12. The molecule has 6 rings (SSSR count). The van der Waals surface area contributed by atoms with E-state index >= 15 is 0 Å². The zero-order chi connectivity index (χ0) is 46.0. The lowest BCUT2D eigenvalue weighted by atomic mass is 9.55. The highest BCUT2D eigenvalue weighted by Crippen LogP contribution is 2.62. The Morgan fingerprint density at radius 1 is 0.969 bits per heavy atom. The van der Waals surface area contributed by atoms with Gasteiger partial charge in [-0.1, -0.05) is 42.3 Å². The van der Waals surface area contributed by atoms with E-state index < -0.39 is 47.3 Å². The Morgan fingerprint density at radius 3 is 2.34 bits per heavy atom. The molecule has 0 spiro atoms. The molecule has 3 aromatic rings. The number of aliphatic hydroxyl groups is 2. The summed E-state index contributed by atoms with van der Waals surface area (Å²) < 4.78 is 50.7. The van der Waals surface area contributed by atoms with Crippen LogP contribution in [0.3, 0.4) is 0 Å². The predicted octanol–water partition coefficient (Wildman–Crippen LogP) is 9.15. The summed E-state index contributed by atoms with van der Waals surface area (Å²) in [4.78, 5) is 35.5. The van der Waals surface area contributed by atoms with Crippen molar-refractivity contribution >= 4 is 23.6 Å². The third-order valence-corrected chi connectivity index (χ3v) is 12.0. The highest BCUT2D eigenvalue weighted by atomic mass is 19.1. The van der Waals surface area contributed by atoms with Gasteiger partial charge >= 0.3 is 12.2 Å². The number of carbonyl (C=O) groups is 2. The molecule has 6 atom stereocenters. The van der Waals surface area contributed by atoms with Crippen LogP contribution in [0.25, 0.3) is 0 Å². The Morgan fingerprint density at radius 2 is 1.69 bits per heavy atom. The van der Waals surface area contributed by atoms with E-state index in [2.05, 4.69) is 18.0 Å². The molecule has 15 heteroatoms. The first-order chi connectivity index (χ1) is 30.8. The van der Waals surface area contributed by atoms with Crippen molar-refractivity contribution in [2.75, 3.05) is 46.5 Å². The molecule has 0 unspecified atom stereocenters. The number of carbonyl (C=O) groups excluding carboxylic acids is 2. The Labute approximate surface area is 374 Å². The van der Waals surface area contributed by atoms with Crippen LogP contribution in [0.1, 0.15) is 82.8 Å². The number of amides is 2. The molecule has 2 aliphatic carbocycles. The van der Waals surface area contributed by atoms with E-state index in [0.29, 0.717) is 59.9 Å². The number of fused-ring (bicyclic) bond motifs is 2. The fraction of sp³-hybridized carbons (Fsp3) is 0.490. The van der Waals surface area contributed by atoms with E-state index in [9.17, 15) is 24.2 Å². The maximum absolute atomic E-state index is 14.2. The number of rotatable bonds is 19. The van der Waals surface area contributed by atoms with E-state index in [1.807, 2.05) is 26.8 Å². The van der Waals surface area contributed by atoms with Gasteiger partial charge < -0.3 is 43.5 Å². The number of halogens is 1. The van der Waals surface area contributed by atoms with E-state index in [1.165, 1.54) is 33.5 Å². The third-order valence-electron chi connectivity index (χ3n) is 12.0. The van der Waals surface area contributed by atoms with Gasteiger partial charge in [0.15, 0.2) is 0 Å². The first-order valence-corrected chi connectivity index (χ1v) is 21.9. The molecule has 0 saturated heterocycles. The molecule has 64 heavy (non-hydrogen) atoms. The van der Waals surface area contributed by atoms with Crippen molar-refractivity contribution in [1.29, 1.82) is 0 Å². The number of methoxy groups -OCH3 is 3. The molecule has 14 nitrogen and oxygen atoms in total. The Hall–Kier alpha value is -5.64. The summed E-state index contributed by atoms with van der Waals surface area (Å²) in [5, 5.41) is 27.5. The fourth-order valence-corrected chi connectivity index (χ4v) is 9.25. The van der Waals surface area contributed by atoms with Gasteiger partial charge in [-0.25, -0.2) is 14.0 Å². The minimum absolute atomic E-state index is 0.0153. The molecule has 3 aliphatic rings. The van der Waals surface area contributed by atoms with Gasteiger partial charge in [0.1, 0.15) is 40.5 Å². The van der Waals surface area contributed by atoms with Crippen molar-refractivity contribution in [1.82, 2.24) is 4.90 Å². The van der Waals surface area contributed by atoms with Gasteiger partial charge in [-0.05, 0) is 112 Å². The second-order valence-corrected chi connectivity index (χ2v) is 17.3. The standard InChI is InChI=1S/C49H62FN3O11/c1-8-25-61-49-43(53(47(57)60-7)30-31-15-17-33(50)18-16-31)29-40(52-64-48(2,3)4)37-26-32(13-9-11-23-54)36(14-10-12-24-55)44(45(37)49)38-27-35(20-22-41(38)63-49)62-46(56)51-39-21-19-34(58-5)28-42(39)59-6/h8,15-22,26-28,32,36,43-45,54-55H,1,9-14,23-25,29-30H2,2-7H3,(H,51,56)/t32-,36+,43-,44+,45+,49+/m0/s1. The lowest BCUT2D eigenvalue weighted by Crippen LogP contribution is -2.70. The van der Waals surface area contributed by atoms with E-state index in [0.717, 1.165) is 24.0 Å². The number of allylic oxidation sites excluding steroid dienone is 1. The molecule has 2 amide bonds. The van der Waals surface area contributed by atoms with Crippen molar-refractivity contribution in [3.63, 3.8) is 0 Å². The predicted molar refractivity (Wildman–Crippen MR) is 239 cm³/mol. The highest BCUT2D eigenvalue weighted by molar-refractivity contribution is 6.03. The second-order valence-electron chi connectivity index (χ2n) is 17.3. The summed E-state index contributed by atoms with van der Waals surface area (Å²) in [6.07, 6.45) is 6.67. The smallest absolute Gasteiger partial charge is 0.417 e. The van der Waals surface area contributed by atoms with Crippen LogP contribution >= 0.6 is 0 Å². The summed E-state index contributed by atoms with van der Waals surface area (Å²) in [7, 11) is 4.33. The molecule has 0 bridgehead atoms. The van der Waals surface area contributed by atoms with Crippen molar-refractivity contribution in [3.05, 3.63) is 102 Å². The SMILES string of the molecule is C=CCO[C@@]12Oc3ccc(OC(=O)Nc4ccc(OC)cc4OC)cc3[C@H]3[C@H](CCCCO)[C@@H](CCCCO)C=C(C(=NOC(C)(C)C)C[C@@H]1N(Cc1ccc(F)cc1)C(=O)OC)[C@H]32. The summed E-state index contributed by atoms with van der Waals surface area (Å²) >= 11 is 0. The van der Waals surface area contributed by atoms with Gasteiger partial charge in [0.25, 0.3) is 0 Å². The van der Waals surface area contributed by atoms with Gasteiger partial charge in [-0.2, -0.15) is 0 Å². The van der Waals surface area contributed by atoms with Crippen molar-refractivity contribution in [2.24, 2.45) is 22.9 Å². The average molecular weight is 888 g/mol. The van der Waals surface area contributed by atoms with Gasteiger partial charge in [-0.3, -0.25) is 10.2 Å². The maximum atomic E-state index is 14.2. The molecule has 1 fully saturated rings. The van der Waals surface area contributed by atoms with Gasteiger partial charge in [0, 0.05) is 43.7 Å². The fourth-order valence-electron chi connectivity index (χ4n) is 9.25. The maximum Gasteiger partial charge on any atom is 0.417 e. The van der Waals surface area contributed by atoms with Crippen LogP contribution in [-0.4, -0.2) is 91.6 Å². The zero-order valence-electron chi connectivity index (χ0n) is 37.6. The van der Waals surface area contributed by atoms with Crippen LogP contribution in [0.15, 0.2) is 90.1 Å². The number of benzene rings is 3. The monoisotopic (exact) mass is 887 g/mol. The van der Waals surface area contributed by atoms with Crippen LogP contribution < -0.4 is 24.3 Å². The Kier molecular flexibility index (Phi) is 16.0.